The molecule has 1 aromatic carbocycles. The van der Waals surface area contributed by atoms with E-state index in [1.54, 1.807) is 11.1 Å². The van der Waals surface area contributed by atoms with E-state index in [0.717, 1.165) is 13.1 Å². The van der Waals surface area contributed by atoms with Crippen molar-refractivity contribution in [2.24, 2.45) is 0 Å². The molecule has 0 saturated heterocycles. The average Bonchev–Trinajstić information content (AvgIpc) is 2.88. The second-order valence-corrected chi connectivity index (χ2v) is 5.36. The van der Waals surface area contributed by atoms with Gasteiger partial charge in [-0.15, -0.1) is 0 Å². The van der Waals surface area contributed by atoms with Gasteiger partial charge >= 0.3 is 0 Å². The number of hydrogen-bond acceptors (Lipinski definition) is 2. The highest BCUT2D eigenvalue weighted by molar-refractivity contribution is 5.35. The van der Waals surface area contributed by atoms with Crippen molar-refractivity contribution in [1.82, 2.24) is 10.3 Å². The van der Waals surface area contributed by atoms with Gasteiger partial charge in [0.2, 0.25) is 0 Å². The maximum atomic E-state index is 4.18. The molecule has 0 atom stereocenters. The first-order chi connectivity index (χ1) is 9.33. The summed E-state index contributed by atoms with van der Waals surface area (Å²) in [4.78, 5) is 4.18. The van der Waals surface area contributed by atoms with Gasteiger partial charge in [0.15, 0.2) is 0 Å². The van der Waals surface area contributed by atoms with Gasteiger partial charge in [-0.3, -0.25) is 4.98 Å². The third kappa shape index (κ3) is 2.85. The highest BCUT2D eigenvalue weighted by atomic mass is 14.9. The molecule has 0 amide bonds. The Hall–Kier alpha value is -1.67. The maximum Gasteiger partial charge on any atom is 0.0315 e. The molecular weight excluding hydrogens is 232 g/mol. The molecule has 0 aliphatic heterocycles. The zero-order valence-corrected chi connectivity index (χ0v) is 11.4. The number of nitrogens with one attached hydrogen (secondary N) is 1. The van der Waals surface area contributed by atoms with Gasteiger partial charge < -0.3 is 5.32 Å². The minimum absolute atomic E-state index is 0.886. The molecule has 2 heteroatoms. The molecule has 0 bridgehead atoms. The van der Waals surface area contributed by atoms with Gasteiger partial charge in [0.05, 0.1) is 0 Å². The molecular formula is C17H20N2. The number of aryl methyl sites for hydroxylation is 3. The second-order valence-electron chi connectivity index (χ2n) is 5.36. The number of aromatic nitrogens is 1. The lowest BCUT2D eigenvalue weighted by atomic mass is 10.1. The summed E-state index contributed by atoms with van der Waals surface area (Å²) in [6, 6.07) is 8.99. The highest BCUT2D eigenvalue weighted by Crippen LogP contribution is 2.22. The van der Waals surface area contributed by atoms with Crippen molar-refractivity contribution in [3.05, 3.63) is 64.5 Å². The first kappa shape index (κ1) is 12.4. The van der Waals surface area contributed by atoms with E-state index >= 15 is 0 Å². The van der Waals surface area contributed by atoms with Crippen molar-refractivity contribution in [2.45, 2.75) is 39.3 Å². The summed E-state index contributed by atoms with van der Waals surface area (Å²) >= 11 is 0. The Balaban J connectivity index is 1.59. The molecule has 0 saturated carbocycles. The summed E-state index contributed by atoms with van der Waals surface area (Å²) in [6.07, 6.45) is 7.63. The Bertz CT molecular complexity index is 575. The summed E-state index contributed by atoms with van der Waals surface area (Å²) in [7, 11) is 0. The first-order valence-electron chi connectivity index (χ1n) is 7.04. The van der Waals surface area contributed by atoms with Crippen molar-refractivity contribution in [2.75, 3.05) is 0 Å². The summed E-state index contributed by atoms with van der Waals surface area (Å²) in [6.45, 7) is 3.95. The van der Waals surface area contributed by atoms with Crippen molar-refractivity contribution < 1.29 is 0 Å². The molecule has 2 nitrogen and oxygen atoms in total. The SMILES string of the molecule is Cc1ccncc1CNCc1ccc2c(c1)CCC2. The Morgan fingerprint density at radius 3 is 2.89 bits per heavy atom. The topological polar surface area (TPSA) is 24.9 Å². The second kappa shape index (κ2) is 5.54. The molecule has 1 N–H and O–H groups in total. The molecule has 0 unspecified atom stereocenters. The number of fused-ring (bicyclic) bond motifs is 1. The molecule has 1 aromatic heterocycles. The van der Waals surface area contributed by atoms with Crippen LogP contribution in [0, 0.1) is 6.92 Å². The Kier molecular flexibility index (Phi) is 3.60. The summed E-state index contributed by atoms with van der Waals surface area (Å²) in [5.74, 6) is 0. The largest absolute Gasteiger partial charge is 0.309 e. The van der Waals surface area contributed by atoms with E-state index in [9.17, 15) is 0 Å². The van der Waals surface area contributed by atoms with Crippen LogP contribution in [0.3, 0.4) is 0 Å². The van der Waals surface area contributed by atoms with Gasteiger partial charge in [0.1, 0.15) is 0 Å². The van der Waals surface area contributed by atoms with Crippen LogP contribution in [0.15, 0.2) is 36.7 Å². The Morgan fingerprint density at radius 1 is 1.11 bits per heavy atom. The van der Waals surface area contributed by atoms with Gasteiger partial charge in [-0.25, -0.2) is 0 Å². The van der Waals surface area contributed by atoms with Crippen molar-refractivity contribution in [3.63, 3.8) is 0 Å². The molecule has 2 aromatic rings. The lowest BCUT2D eigenvalue weighted by Gasteiger charge is -2.08. The van der Waals surface area contributed by atoms with Crippen LogP contribution in [0.2, 0.25) is 0 Å². The van der Waals surface area contributed by atoms with Gasteiger partial charge in [-0.2, -0.15) is 0 Å². The van der Waals surface area contributed by atoms with Crippen LogP contribution in [0.4, 0.5) is 0 Å². The molecule has 0 fully saturated rings. The van der Waals surface area contributed by atoms with E-state index in [1.807, 2.05) is 12.4 Å². The summed E-state index contributed by atoms with van der Waals surface area (Å²) in [5, 5.41) is 3.51. The van der Waals surface area contributed by atoms with E-state index in [4.69, 9.17) is 0 Å². The minimum atomic E-state index is 0.886. The van der Waals surface area contributed by atoms with Crippen molar-refractivity contribution >= 4 is 0 Å². The Morgan fingerprint density at radius 2 is 2.00 bits per heavy atom. The lowest BCUT2D eigenvalue weighted by Crippen LogP contribution is -2.13. The zero-order chi connectivity index (χ0) is 13.1. The number of nitrogens with zero attached hydrogens (tertiary/aromatic N) is 1. The van der Waals surface area contributed by atoms with E-state index in [-0.39, 0.29) is 0 Å². The number of rotatable bonds is 4. The van der Waals surface area contributed by atoms with Crippen LogP contribution in [0.1, 0.15) is 34.2 Å². The van der Waals surface area contributed by atoms with Crippen LogP contribution in [-0.2, 0) is 25.9 Å². The quantitative estimate of drug-likeness (QED) is 0.904. The van der Waals surface area contributed by atoms with Gasteiger partial charge in [0, 0.05) is 25.5 Å². The van der Waals surface area contributed by atoms with Crippen LogP contribution < -0.4 is 5.32 Å². The average molecular weight is 252 g/mol. The third-order valence-electron chi connectivity index (χ3n) is 3.95. The fourth-order valence-corrected chi connectivity index (χ4v) is 2.76. The molecule has 1 aliphatic rings. The smallest absolute Gasteiger partial charge is 0.0315 e. The molecule has 0 spiro atoms. The zero-order valence-electron chi connectivity index (χ0n) is 11.4. The van der Waals surface area contributed by atoms with Crippen LogP contribution in [0.5, 0.6) is 0 Å². The maximum absolute atomic E-state index is 4.18. The molecule has 0 radical (unpaired) electrons. The van der Waals surface area contributed by atoms with Crippen LogP contribution >= 0.6 is 0 Å². The number of hydrogen-bond donors (Lipinski definition) is 1. The minimum Gasteiger partial charge on any atom is -0.309 e. The number of benzene rings is 1. The van der Waals surface area contributed by atoms with E-state index in [2.05, 4.69) is 41.5 Å². The van der Waals surface area contributed by atoms with Gasteiger partial charge in [0.25, 0.3) is 0 Å². The van der Waals surface area contributed by atoms with Gasteiger partial charge in [-0.1, -0.05) is 18.2 Å². The molecule has 1 heterocycles. The summed E-state index contributed by atoms with van der Waals surface area (Å²) in [5.41, 5.74) is 7.08. The van der Waals surface area contributed by atoms with Crippen molar-refractivity contribution in [1.29, 1.82) is 0 Å². The van der Waals surface area contributed by atoms with Crippen LogP contribution in [0.25, 0.3) is 0 Å². The van der Waals surface area contributed by atoms with E-state index < -0.39 is 0 Å². The molecule has 19 heavy (non-hydrogen) atoms. The van der Waals surface area contributed by atoms with Crippen LogP contribution in [-0.4, -0.2) is 4.98 Å². The predicted octanol–water partition coefficient (Wildman–Crippen LogP) is 3.17. The van der Waals surface area contributed by atoms with Gasteiger partial charge in [-0.05, 0) is 60.1 Å². The Labute approximate surface area is 114 Å². The highest BCUT2D eigenvalue weighted by Gasteiger charge is 2.10. The fraction of sp³-hybridized carbons (Fsp3) is 0.353. The van der Waals surface area contributed by atoms with Crippen molar-refractivity contribution in [3.8, 4) is 0 Å². The fourth-order valence-electron chi connectivity index (χ4n) is 2.76. The molecule has 3 rings (SSSR count). The lowest BCUT2D eigenvalue weighted by molar-refractivity contribution is 0.688. The molecule has 1 aliphatic carbocycles. The third-order valence-corrected chi connectivity index (χ3v) is 3.95. The van der Waals surface area contributed by atoms with E-state index in [0.29, 0.717) is 0 Å². The standard InChI is InChI=1S/C17H20N2/c1-13-7-8-18-11-17(13)12-19-10-14-5-6-15-3-2-4-16(15)9-14/h5-9,11,19H,2-4,10,12H2,1H3. The monoisotopic (exact) mass is 252 g/mol. The number of pyridine rings is 1. The molecule has 98 valence electrons. The normalized spacial score (nSPS) is 13.5. The van der Waals surface area contributed by atoms with E-state index in [1.165, 1.54) is 36.0 Å². The summed E-state index contributed by atoms with van der Waals surface area (Å²) < 4.78 is 0. The predicted molar refractivity (Wildman–Crippen MR) is 78.0 cm³/mol. The first-order valence-corrected chi connectivity index (χ1v) is 7.04.